The lowest BCUT2D eigenvalue weighted by Gasteiger charge is -2.28. The number of halogens is 1. The first kappa shape index (κ1) is 13.0. The van der Waals surface area contributed by atoms with Gasteiger partial charge in [-0.1, -0.05) is 15.9 Å². The highest BCUT2D eigenvalue weighted by atomic mass is 79.9. The fourth-order valence-electron chi connectivity index (χ4n) is 1.47. The largest absolute Gasteiger partial charge is 0.453 e. The minimum Gasteiger partial charge on any atom is -0.453 e. The Morgan fingerprint density at radius 3 is 2.31 bits per heavy atom. The van der Waals surface area contributed by atoms with Crippen LogP contribution in [0.2, 0.25) is 0 Å². The minimum absolute atomic E-state index is 0.192. The van der Waals surface area contributed by atoms with Gasteiger partial charge in [0.2, 0.25) is 11.8 Å². The van der Waals surface area contributed by atoms with Gasteiger partial charge < -0.3 is 4.74 Å². The lowest BCUT2D eigenvalue weighted by molar-refractivity contribution is -0.141. The second kappa shape index (κ2) is 5.29. The molecule has 1 aliphatic heterocycles. The zero-order chi connectivity index (χ0) is 12.3. The molecule has 1 rings (SSSR count). The van der Waals surface area contributed by atoms with Crippen molar-refractivity contribution in [1.82, 2.24) is 10.2 Å². The van der Waals surface area contributed by atoms with Crippen molar-refractivity contribution in [3.05, 3.63) is 0 Å². The van der Waals surface area contributed by atoms with E-state index in [0.717, 1.165) is 4.90 Å². The maximum absolute atomic E-state index is 11.5. The summed E-state index contributed by atoms with van der Waals surface area (Å²) in [5.41, 5.74) is 0. The normalized spacial score (nSPS) is 19.6. The summed E-state index contributed by atoms with van der Waals surface area (Å²) in [5.74, 6) is -0.560. The number of rotatable bonds is 3. The van der Waals surface area contributed by atoms with Crippen molar-refractivity contribution in [1.29, 1.82) is 0 Å². The average Bonchev–Trinajstić information content (AvgIpc) is 2.55. The number of methoxy groups -OCH3 is 1. The SMILES string of the molecule is COC(=O)N[C@@H]([C@H](C)Br)N1C(=O)CCC1=O. The van der Waals surface area contributed by atoms with Crippen LogP contribution in [-0.4, -0.2) is 40.9 Å². The lowest BCUT2D eigenvalue weighted by Crippen LogP contribution is -2.54. The highest BCUT2D eigenvalue weighted by Gasteiger charge is 2.37. The number of alkyl carbamates (subject to hydrolysis) is 1. The van der Waals surface area contributed by atoms with Crippen molar-refractivity contribution >= 4 is 33.8 Å². The standard InChI is InChI=1S/C9H13BrN2O4/c1-5(10)8(11-9(15)16-2)12-6(13)3-4-7(12)14/h5,8H,3-4H2,1-2H3,(H,11,15)/t5-,8+/m0/s1. The van der Waals surface area contributed by atoms with Crippen LogP contribution in [0.3, 0.4) is 0 Å². The van der Waals surface area contributed by atoms with Crippen molar-refractivity contribution in [3.63, 3.8) is 0 Å². The number of carbonyl (C=O) groups is 3. The molecule has 0 aromatic carbocycles. The van der Waals surface area contributed by atoms with E-state index >= 15 is 0 Å². The molecule has 90 valence electrons. The molecule has 7 heteroatoms. The third-order valence-corrected chi connectivity index (χ3v) is 2.76. The minimum atomic E-state index is -0.713. The van der Waals surface area contributed by atoms with Gasteiger partial charge in [0.05, 0.1) is 11.9 Å². The summed E-state index contributed by atoms with van der Waals surface area (Å²) in [4.78, 5) is 34.9. The van der Waals surface area contributed by atoms with Crippen LogP contribution in [0.1, 0.15) is 19.8 Å². The number of likely N-dealkylation sites (tertiary alicyclic amines) is 1. The number of nitrogens with one attached hydrogen (secondary N) is 1. The van der Waals surface area contributed by atoms with Crippen LogP contribution < -0.4 is 5.32 Å². The Hall–Kier alpha value is -1.11. The molecular formula is C9H13BrN2O4. The number of nitrogens with zero attached hydrogens (tertiary/aromatic N) is 1. The maximum Gasteiger partial charge on any atom is 0.408 e. The molecule has 1 fully saturated rings. The van der Waals surface area contributed by atoms with Crippen LogP contribution >= 0.6 is 15.9 Å². The molecular weight excluding hydrogens is 280 g/mol. The summed E-state index contributed by atoms with van der Waals surface area (Å²) >= 11 is 3.25. The Morgan fingerprint density at radius 1 is 1.44 bits per heavy atom. The second-order valence-electron chi connectivity index (χ2n) is 3.42. The van der Waals surface area contributed by atoms with Gasteiger partial charge in [-0.3, -0.25) is 19.8 Å². The van der Waals surface area contributed by atoms with Crippen LogP contribution in [0.25, 0.3) is 0 Å². The summed E-state index contributed by atoms with van der Waals surface area (Å²) in [5, 5.41) is 2.45. The number of hydrogen-bond donors (Lipinski definition) is 1. The molecule has 0 spiro atoms. The van der Waals surface area contributed by atoms with E-state index in [1.165, 1.54) is 7.11 Å². The van der Waals surface area contributed by atoms with E-state index in [9.17, 15) is 14.4 Å². The Labute approximate surface area is 101 Å². The molecule has 6 nitrogen and oxygen atoms in total. The van der Waals surface area contributed by atoms with E-state index in [0.29, 0.717) is 0 Å². The van der Waals surface area contributed by atoms with Crippen molar-refractivity contribution in [3.8, 4) is 0 Å². The molecule has 0 unspecified atom stereocenters. The summed E-state index contributed by atoms with van der Waals surface area (Å²) < 4.78 is 4.44. The number of ether oxygens (including phenoxy) is 1. The van der Waals surface area contributed by atoms with E-state index < -0.39 is 12.3 Å². The van der Waals surface area contributed by atoms with E-state index in [-0.39, 0.29) is 29.5 Å². The van der Waals surface area contributed by atoms with Gasteiger partial charge in [-0.05, 0) is 6.92 Å². The molecule has 1 saturated heterocycles. The Balaban J connectivity index is 2.80. The highest BCUT2D eigenvalue weighted by molar-refractivity contribution is 9.09. The highest BCUT2D eigenvalue weighted by Crippen LogP contribution is 2.19. The van der Waals surface area contributed by atoms with Gasteiger partial charge in [0.1, 0.15) is 6.17 Å². The van der Waals surface area contributed by atoms with Gasteiger partial charge in [0.25, 0.3) is 0 Å². The van der Waals surface area contributed by atoms with Crippen molar-refractivity contribution in [2.45, 2.75) is 30.8 Å². The molecule has 2 atom stereocenters. The quantitative estimate of drug-likeness (QED) is 0.611. The Kier molecular flexibility index (Phi) is 4.28. The van der Waals surface area contributed by atoms with Crippen LogP contribution in [-0.2, 0) is 14.3 Å². The predicted octanol–water partition coefficient (Wildman–Crippen LogP) is 0.601. The molecule has 0 aromatic heterocycles. The van der Waals surface area contributed by atoms with Gasteiger partial charge in [-0.25, -0.2) is 4.79 Å². The molecule has 0 saturated carbocycles. The number of hydrogen-bond acceptors (Lipinski definition) is 4. The maximum atomic E-state index is 11.5. The average molecular weight is 293 g/mol. The van der Waals surface area contributed by atoms with Crippen molar-refractivity contribution in [2.24, 2.45) is 0 Å². The van der Waals surface area contributed by atoms with Crippen LogP contribution in [0, 0.1) is 0 Å². The van der Waals surface area contributed by atoms with Crippen molar-refractivity contribution in [2.75, 3.05) is 7.11 Å². The van der Waals surface area contributed by atoms with Gasteiger partial charge >= 0.3 is 6.09 Å². The molecule has 0 aromatic rings. The zero-order valence-electron chi connectivity index (χ0n) is 9.03. The molecule has 0 bridgehead atoms. The molecule has 1 N–H and O–H groups in total. The van der Waals surface area contributed by atoms with Crippen LogP contribution in [0.15, 0.2) is 0 Å². The second-order valence-corrected chi connectivity index (χ2v) is 4.86. The monoisotopic (exact) mass is 292 g/mol. The number of amides is 3. The van der Waals surface area contributed by atoms with Gasteiger partial charge in [0, 0.05) is 12.8 Å². The first-order chi connectivity index (χ1) is 7.47. The number of carbonyl (C=O) groups excluding carboxylic acids is 3. The Bertz CT molecular complexity index is 303. The topological polar surface area (TPSA) is 75.7 Å². The molecule has 16 heavy (non-hydrogen) atoms. The first-order valence-electron chi connectivity index (χ1n) is 4.80. The molecule has 0 radical (unpaired) electrons. The molecule has 1 heterocycles. The number of alkyl halides is 1. The molecule has 3 amide bonds. The van der Waals surface area contributed by atoms with Crippen molar-refractivity contribution < 1.29 is 19.1 Å². The zero-order valence-corrected chi connectivity index (χ0v) is 10.6. The third-order valence-electron chi connectivity index (χ3n) is 2.25. The summed E-state index contributed by atoms with van der Waals surface area (Å²) in [7, 11) is 1.22. The predicted molar refractivity (Wildman–Crippen MR) is 58.8 cm³/mol. The fourth-order valence-corrected chi connectivity index (χ4v) is 1.84. The number of imide groups is 1. The fraction of sp³-hybridized carbons (Fsp3) is 0.667. The van der Waals surface area contributed by atoms with E-state index in [4.69, 9.17) is 0 Å². The first-order valence-corrected chi connectivity index (χ1v) is 5.72. The molecule has 1 aliphatic rings. The summed E-state index contributed by atoms with van der Waals surface area (Å²) in [6, 6.07) is 0. The lowest BCUT2D eigenvalue weighted by atomic mass is 10.3. The Morgan fingerprint density at radius 2 is 1.94 bits per heavy atom. The van der Waals surface area contributed by atoms with Gasteiger partial charge in [-0.15, -0.1) is 0 Å². The molecule has 0 aliphatic carbocycles. The third kappa shape index (κ3) is 2.72. The van der Waals surface area contributed by atoms with Crippen LogP contribution in [0.5, 0.6) is 0 Å². The van der Waals surface area contributed by atoms with E-state index in [1.54, 1.807) is 6.92 Å². The van der Waals surface area contributed by atoms with Crippen LogP contribution in [0.4, 0.5) is 4.79 Å². The smallest absolute Gasteiger partial charge is 0.408 e. The van der Waals surface area contributed by atoms with E-state index in [1.807, 2.05) is 0 Å². The van der Waals surface area contributed by atoms with E-state index in [2.05, 4.69) is 26.0 Å². The van der Waals surface area contributed by atoms with Gasteiger partial charge in [0.15, 0.2) is 0 Å². The summed E-state index contributed by atoms with van der Waals surface area (Å²) in [6.07, 6.45) is -1.01. The van der Waals surface area contributed by atoms with Gasteiger partial charge in [-0.2, -0.15) is 0 Å². The summed E-state index contributed by atoms with van der Waals surface area (Å²) in [6.45, 7) is 1.74.